The summed E-state index contributed by atoms with van der Waals surface area (Å²) in [4.78, 5) is 18.6. The Kier molecular flexibility index (Phi) is 5.18. The zero-order valence-corrected chi connectivity index (χ0v) is 14.2. The Morgan fingerprint density at radius 2 is 1.92 bits per heavy atom. The van der Waals surface area contributed by atoms with Crippen molar-refractivity contribution in [1.82, 2.24) is 14.7 Å². The van der Waals surface area contributed by atoms with Crippen molar-refractivity contribution in [1.29, 1.82) is 0 Å². The Morgan fingerprint density at radius 3 is 2.62 bits per heavy atom. The molecule has 0 radical (unpaired) electrons. The van der Waals surface area contributed by atoms with Crippen LogP contribution >= 0.6 is 0 Å². The molecule has 1 unspecified atom stereocenters. The van der Waals surface area contributed by atoms with E-state index in [-0.39, 0.29) is 18.1 Å². The summed E-state index contributed by atoms with van der Waals surface area (Å²) < 4.78 is 13.7. The van der Waals surface area contributed by atoms with E-state index in [0.717, 1.165) is 26.2 Å². The lowest BCUT2D eigenvalue weighted by molar-refractivity contribution is -0.130. The van der Waals surface area contributed by atoms with Gasteiger partial charge < -0.3 is 14.9 Å². The van der Waals surface area contributed by atoms with Gasteiger partial charge in [0, 0.05) is 39.3 Å². The van der Waals surface area contributed by atoms with Crippen LogP contribution in [0.4, 0.5) is 4.39 Å². The molecule has 1 aromatic rings. The Morgan fingerprint density at radius 1 is 1.21 bits per heavy atom. The third-order valence-corrected chi connectivity index (χ3v) is 5.10. The largest absolute Gasteiger partial charge is 0.387 e. The van der Waals surface area contributed by atoms with Gasteiger partial charge in [0.15, 0.2) is 0 Å². The molecule has 5 nitrogen and oxygen atoms in total. The van der Waals surface area contributed by atoms with Crippen LogP contribution in [0.3, 0.4) is 0 Å². The average Bonchev–Trinajstić information content (AvgIpc) is 2.94. The molecule has 132 valence electrons. The molecule has 2 aliphatic rings. The van der Waals surface area contributed by atoms with E-state index < -0.39 is 5.60 Å². The summed E-state index contributed by atoms with van der Waals surface area (Å²) in [5.74, 6) is -0.466. The number of benzene rings is 1. The van der Waals surface area contributed by atoms with Crippen molar-refractivity contribution in [2.24, 2.45) is 0 Å². The van der Waals surface area contributed by atoms with E-state index in [9.17, 15) is 14.3 Å². The molecular weight excluding hydrogens is 309 g/mol. The third kappa shape index (κ3) is 4.12. The van der Waals surface area contributed by atoms with Gasteiger partial charge in [0.1, 0.15) is 5.82 Å². The van der Waals surface area contributed by atoms with Crippen molar-refractivity contribution in [3.63, 3.8) is 0 Å². The minimum absolute atomic E-state index is 0.0528. The second-order valence-corrected chi connectivity index (χ2v) is 7.14. The first kappa shape index (κ1) is 17.3. The van der Waals surface area contributed by atoms with Gasteiger partial charge in [0.2, 0.25) is 5.91 Å². The van der Waals surface area contributed by atoms with Crippen molar-refractivity contribution in [3.8, 4) is 0 Å². The van der Waals surface area contributed by atoms with E-state index >= 15 is 0 Å². The number of amides is 1. The Balaban J connectivity index is 1.54. The summed E-state index contributed by atoms with van der Waals surface area (Å²) in [5, 5.41) is 10.8. The smallest absolute Gasteiger partial charge is 0.227 e. The van der Waals surface area contributed by atoms with Gasteiger partial charge >= 0.3 is 0 Å². The molecule has 0 aliphatic carbocycles. The summed E-state index contributed by atoms with van der Waals surface area (Å²) in [6, 6.07) is 6.36. The number of likely N-dealkylation sites (tertiary alicyclic amines) is 1. The van der Waals surface area contributed by atoms with E-state index in [1.54, 1.807) is 23.1 Å². The van der Waals surface area contributed by atoms with Crippen molar-refractivity contribution >= 4 is 5.91 Å². The Labute approximate surface area is 142 Å². The summed E-state index contributed by atoms with van der Waals surface area (Å²) >= 11 is 0. The topological polar surface area (TPSA) is 47.0 Å². The van der Waals surface area contributed by atoms with Crippen LogP contribution in [0.25, 0.3) is 0 Å². The number of carbonyl (C=O) groups excluding carboxylic acids is 1. The zero-order valence-electron chi connectivity index (χ0n) is 14.2. The number of halogens is 1. The van der Waals surface area contributed by atoms with Gasteiger partial charge in [-0.15, -0.1) is 0 Å². The van der Waals surface area contributed by atoms with Crippen LogP contribution in [-0.2, 0) is 11.2 Å². The molecule has 3 rings (SSSR count). The van der Waals surface area contributed by atoms with E-state index in [2.05, 4.69) is 16.8 Å². The molecular formula is C18H26FN3O2. The SMILES string of the molecule is CN1CCN(CC2(O)CCN(C(=O)Cc3ccccc3F)C2)CC1. The number of hydrogen-bond donors (Lipinski definition) is 1. The molecule has 2 fully saturated rings. The highest BCUT2D eigenvalue weighted by molar-refractivity contribution is 5.79. The van der Waals surface area contributed by atoms with Crippen LogP contribution in [-0.4, -0.2) is 84.2 Å². The van der Waals surface area contributed by atoms with Crippen LogP contribution in [0.2, 0.25) is 0 Å². The van der Waals surface area contributed by atoms with Crippen molar-refractivity contribution < 1.29 is 14.3 Å². The third-order valence-electron chi connectivity index (χ3n) is 5.10. The normalized spacial score (nSPS) is 26.0. The number of nitrogens with zero attached hydrogens (tertiary/aromatic N) is 3. The summed E-state index contributed by atoms with van der Waals surface area (Å²) in [5.41, 5.74) is -0.433. The lowest BCUT2D eigenvalue weighted by Crippen LogP contribution is -2.52. The van der Waals surface area contributed by atoms with Gasteiger partial charge in [0.25, 0.3) is 0 Å². The number of hydrogen-bond acceptors (Lipinski definition) is 4. The van der Waals surface area contributed by atoms with Gasteiger partial charge in [0.05, 0.1) is 18.6 Å². The molecule has 0 bridgehead atoms. The van der Waals surface area contributed by atoms with E-state index in [4.69, 9.17) is 0 Å². The fraction of sp³-hybridized carbons (Fsp3) is 0.611. The fourth-order valence-corrected chi connectivity index (χ4v) is 3.54. The van der Waals surface area contributed by atoms with Crippen molar-refractivity contribution in [2.45, 2.75) is 18.4 Å². The molecule has 0 saturated carbocycles. The molecule has 1 amide bonds. The monoisotopic (exact) mass is 335 g/mol. The van der Waals surface area contributed by atoms with Gasteiger partial charge in [-0.05, 0) is 25.1 Å². The molecule has 1 atom stereocenters. The maximum atomic E-state index is 13.7. The predicted molar refractivity (Wildman–Crippen MR) is 90.2 cm³/mol. The fourth-order valence-electron chi connectivity index (χ4n) is 3.54. The van der Waals surface area contributed by atoms with E-state index in [1.165, 1.54) is 6.07 Å². The molecule has 2 aliphatic heterocycles. The predicted octanol–water partition coefficient (Wildman–Crippen LogP) is 0.579. The van der Waals surface area contributed by atoms with E-state index in [1.807, 2.05) is 0 Å². The first-order valence-corrected chi connectivity index (χ1v) is 8.60. The summed E-state index contributed by atoms with van der Waals surface area (Å²) in [6.45, 7) is 5.39. The van der Waals surface area contributed by atoms with Gasteiger partial charge in [-0.25, -0.2) is 4.39 Å². The highest BCUT2D eigenvalue weighted by Crippen LogP contribution is 2.24. The summed E-state index contributed by atoms with van der Waals surface area (Å²) in [6.07, 6.45) is 0.639. The minimum Gasteiger partial charge on any atom is -0.387 e. The maximum Gasteiger partial charge on any atom is 0.227 e. The molecule has 0 spiro atoms. The standard InChI is InChI=1S/C18H26FN3O2/c1-20-8-10-21(11-9-20)13-18(24)6-7-22(14-18)17(23)12-15-4-2-3-5-16(15)19/h2-5,24H,6-14H2,1H3. The van der Waals surface area contributed by atoms with Crippen LogP contribution in [0.15, 0.2) is 24.3 Å². The van der Waals surface area contributed by atoms with Crippen LogP contribution < -0.4 is 0 Å². The second kappa shape index (κ2) is 7.17. The average molecular weight is 335 g/mol. The number of rotatable bonds is 4. The second-order valence-electron chi connectivity index (χ2n) is 7.14. The highest BCUT2D eigenvalue weighted by Gasteiger charge is 2.39. The quantitative estimate of drug-likeness (QED) is 0.874. The molecule has 24 heavy (non-hydrogen) atoms. The first-order valence-electron chi connectivity index (χ1n) is 8.60. The summed E-state index contributed by atoms with van der Waals surface area (Å²) in [7, 11) is 2.10. The molecule has 0 aromatic heterocycles. The maximum absolute atomic E-state index is 13.7. The number of piperazine rings is 1. The molecule has 6 heteroatoms. The molecule has 2 heterocycles. The Bertz CT molecular complexity index is 589. The number of likely N-dealkylation sites (N-methyl/N-ethyl adjacent to an activating group) is 1. The highest BCUT2D eigenvalue weighted by atomic mass is 19.1. The van der Waals surface area contributed by atoms with Gasteiger partial charge in [-0.2, -0.15) is 0 Å². The van der Waals surface area contributed by atoms with Crippen LogP contribution in [0.1, 0.15) is 12.0 Å². The molecule has 2 saturated heterocycles. The lowest BCUT2D eigenvalue weighted by Gasteiger charge is -2.36. The van der Waals surface area contributed by atoms with E-state index in [0.29, 0.717) is 31.6 Å². The minimum atomic E-state index is -0.846. The van der Waals surface area contributed by atoms with Gasteiger partial charge in [-0.3, -0.25) is 9.69 Å². The van der Waals surface area contributed by atoms with Crippen LogP contribution in [0, 0.1) is 5.82 Å². The number of β-amino-alcohol motifs (C(OH)–C–C–N with tert-alkyl or cyclic N) is 1. The number of carbonyl (C=O) groups is 1. The van der Waals surface area contributed by atoms with Crippen molar-refractivity contribution in [3.05, 3.63) is 35.6 Å². The molecule has 1 N–H and O–H groups in total. The zero-order chi connectivity index (χ0) is 17.2. The van der Waals surface area contributed by atoms with Crippen molar-refractivity contribution in [2.75, 3.05) is 52.9 Å². The number of aliphatic hydroxyl groups is 1. The molecule has 1 aromatic carbocycles. The lowest BCUT2D eigenvalue weighted by atomic mass is 10.0. The Hall–Kier alpha value is -1.50. The van der Waals surface area contributed by atoms with Gasteiger partial charge in [-0.1, -0.05) is 18.2 Å². The van der Waals surface area contributed by atoms with Crippen LogP contribution in [0.5, 0.6) is 0 Å². The first-order chi connectivity index (χ1) is 11.5.